The first-order valence-corrected chi connectivity index (χ1v) is 9.59. The highest BCUT2D eigenvalue weighted by atomic mass is 32.1. The minimum absolute atomic E-state index is 0.0313. The largest absolute Gasteiger partial charge is 0.480 e. The van der Waals surface area contributed by atoms with Crippen LogP contribution >= 0.6 is 12.6 Å². The van der Waals surface area contributed by atoms with Crippen molar-refractivity contribution in [3.05, 3.63) is 0 Å². The molecule has 3 amide bonds. The lowest BCUT2D eigenvalue weighted by Crippen LogP contribution is -2.59. The molecule has 9 nitrogen and oxygen atoms in total. The third kappa shape index (κ3) is 8.17. The van der Waals surface area contributed by atoms with E-state index in [4.69, 9.17) is 5.73 Å². The van der Waals surface area contributed by atoms with Crippen LogP contribution in [0.3, 0.4) is 0 Å². The van der Waals surface area contributed by atoms with Gasteiger partial charge < -0.3 is 26.8 Å². The van der Waals surface area contributed by atoms with Gasteiger partial charge in [0.05, 0.1) is 6.04 Å². The van der Waals surface area contributed by atoms with Gasteiger partial charge in [0.2, 0.25) is 17.7 Å². The maximum atomic E-state index is 12.6. The summed E-state index contributed by atoms with van der Waals surface area (Å²) >= 11 is 4.07. The molecule has 0 aromatic carbocycles. The van der Waals surface area contributed by atoms with Crippen molar-refractivity contribution in [1.82, 2.24) is 16.0 Å². The zero-order chi connectivity index (χ0) is 21.3. The van der Waals surface area contributed by atoms with E-state index in [1.807, 2.05) is 6.92 Å². The molecule has 0 saturated heterocycles. The summed E-state index contributed by atoms with van der Waals surface area (Å²) in [6.07, 6.45) is 0.615. The van der Waals surface area contributed by atoms with Crippen molar-refractivity contribution in [3.8, 4) is 0 Å². The molecule has 0 bridgehead atoms. The number of thiol groups is 1. The van der Waals surface area contributed by atoms with Crippen LogP contribution in [0, 0.1) is 11.8 Å². The number of carbonyl (C=O) groups excluding carboxylic acids is 3. The molecule has 0 radical (unpaired) electrons. The second kappa shape index (κ2) is 11.8. The number of nitrogens with two attached hydrogens (primary N) is 1. The van der Waals surface area contributed by atoms with E-state index in [0.29, 0.717) is 6.42 Å². The van der Waals surface area contributed by atoms with Gasteiger partial charge >= 0.3 is 5.97 Å². The van der Waals surface area contributed by atoms with Gasteiger partial charge in [-0.2, -0.15) is 12.6 Å². The second-order valence-corrected chi connectivity index (χ2v) is 7.34. The lowest BCUT2D eigenvalue weighted by molar-refractivity contribution is -0.143. The Hall–Kier alpha value is -1.81. The lowest BCUT2D eigenvalue weighted by Gasteiger charge is -2.27. The Bertz CT molecular complexity index is 541. The van der Waals surface area contributed by atoms with E-state index in [1.54, 1.807) is 20.8 Å². The Balaban J connectivity index is 5.21. The van der Waals surface area contributed by atoms with E-state index in [2.05, 4.69) is 28.6 Å². The van der Waals surface area contributed by atoms with E-state index in [0.717, 1.165) is 0 Å². The molecule has 0 aliphatic heterocycles. The van der Waals surface area contributed by atoms with E-state index in [1.165, 1.54) is 6.92 Å². The second-order valence-electron chi connectivity index (χ2n) is 6.97. The Morgan fingerprint density at radius 1 is 0.926 bits per heavy atom. The minimum atomic E-state index is -1.16. The van der Waals surface area contributed by atoms with Crippen LogP contribution in [0.15, 0.2) is 0 Å². The summed E-state index contributed by atoms with van der Waals surface area (Å²) in [6.45, 7) is 8.49. The number of carbonyl (C=O) groups is 4. The highest BCUT2D eigenvalue weighted by molar-refractivity contribution is 7.80. The van der Waals surface area contributed by atoms with Gasteiger partial charge in [0.15, 0.2) is 0 Å². The molecular weight excluding hydrogens is 372 g/mol. The van der Waals surface area contributed by atoms with Crippen LogP contribution in [0.4, 0.5) is 0 Å². The lowest BCUT2D eigenvalue weighted by atomic mass is 9.97. The smallest absolute Gasteiger partial charge is 0.326 e. The maximum absolute atomic E-state index is 12.6. The van der Waals surface area contributed by atoms with Crippen LogP contribution in [0.25, 0.3) is 0 Å². The summed E-state index contributed by atoms with van der Waals surface area (Å²) in [4.78, 5) is 48.1. The van der Waals surface area contributed by atoms with Crippen LogP contribution < -0.4 is 21.7 Å². The zero-order valence-corrected chi connectivity index (χ0v) is 17.4. The number of amides is 3. The Kier molecular flexibility index (Phi) is 11.0. The van der Waals surface area contributed by atoms with Crippen LogP contribution in [0.2, 0.25) is 0 Å². The molecule has 0 aromatic rings. The molecule has 0 rings (SSSR count). The SMILES string of the molecule is CCC(C)C(NC(=O)C(C)N)C(=O)NC(CS)C(=O)NC(C(=O)O)C(C)C. The monoisotopic (exact) mass is 404 g/mol. The first kappa shape index (κ1) is 25.2. The molecule has 6 N–H and O–H groups in total. The third-order valence-corrected chi connectivity index (χ3v) is 4.62. The van der Waals surface area contributed by atoms with Crippen molar-refractivity contribution in [2.45, 2.75) is 65.2 Å². The molecule has 5 unspecified atom stereocenters. The van der Waals surface area contributed by atoms with E-state index >= 15 is 0 Å². The van der Waals surface area contributed by atoms with Crippen molar-refractivity contribution in [2.75, 3.05) is 5.75 Å². The molecule has 0 saturated carbocycles. The predicted molar refractivity (Wildman–Crippen MR) is 105 cm³/mol. The van der Waals surface area contributed by atoms with E-state index in [-0.39, 0.29) is 17.6 Å². The fourth-order valence-electron chi connectivity index (χ4n) is 2.21. The van der Waals surface area contributed by atoms with Gasteiger partial charge in [0.1, 0.15) is 18.1 Å². The summed E-state index contributed by atoms with van der Waals surface area (Å²) in [5.41, 5.74) is 5.54. The molecule has 0 fully saturated rings. The van der Waals surface area contributed by atoms with Crippen LogP contribution in [0.5, 0.6) is 0 Å². The number of carboxylic acid groups (broad SMARTS) is 1. The summed E-state index contributed by atoms with van der Waals surface area (Å²) in [5, 5.41) is 16.7. The Morgan fingerprint density at radius 2 is 1.44 bits per heavy atom. The highest BCUT2D eigenvalue weighted by Crippen LogP contribution is 2.09. The summed E-state index contributed by atoms with van der Waals surface area (Å²) in [6, 6.07) is -3.78. The molecular formula is C17H32N4O5S. The van der Waals surface area contributed by atoms with Crippen molar-refractivity contribution < 1.29 is 24.3 Å². The number of hydrogen-bond acceptors (Lipinski definition) is 6. The maximum Gasteiger partial charge on any atom is 0.326 e. The molecule has 0 aromatic heterocycles. The average molecular weight is 405 g/mol. The predicted octanol–water partition coefficient (Wildman–Crippen LogP) is -0.495. The van der Waals surface area contributed by atoms with Crippen LogP contribution in [-0.2, 0) is 19.2 Å². The molecule has 5 atom stereocenters. The quantitative estimate of drug-likeness (QED) is 0.256. The van der Waals surface area contributed by atoms with E-state index < -0.39 is 47.9 Å². The molecule has 0 aliphatic rings. The van der Waals surface area contributed by atoms with Gasteiger partial charge in [-0.05, 0) is 18.8 Å². The molecule has 10 heteroatoms. The highest BCUT2D eigenvalue weighted by Gasteiger charge is 2.32. The van der Waals surface area contributed by atoms with Gasteiger partial charge in [-0.25, -0.2) is 4.79 Å². The van der Waals surface area contributed by atoms with Gasteiger partial charge in [-0.1, -0.05) is 34.1 Å². The van der Waals surface area contributed by atoms with Crippen molar-refractivity contribution in [1.29, 1.82) is 0 Å². The first-order chi connectivity index (χ1) is 12.5. The summed E-state index contributed by atoms with van der Waals surface area (Å²) < 4.78 is 0. The number of hydrogen-bond donors (Lipinski definition) is 6. The number of carboxylic acids is 1. The zero-order valence-electron chi connectivity index (χ0n) is 16.5. The minimum Gasteiger partial charge on any atom is -0.480 e. The van der Waals surface area contributed by atoms with Crippen LogP contribution in [0.1, 0.15) is 41.0 Å². The standard InChI is InChI=1S/C17H32N4O5S/c1-6-9(4)13(21-14(22)10(5)18)16(24)19-11(7-27)15(23)20-12(8(2)3)17(25)26/h8-13,27H,6-7,18H2,1-5H3,(H,19,24)(H,20,23)(H,21,22)(H,25,26). The van der Waals surface area contributed by atoms with Crippen molar-refractivity contribution in [3.63, 3.8) is 0 Å². The number of rotatable bonds is 11. The number of nitrogens with one attached hydrogen (secondary N) is 3. The molecule has 0 heterocycles. The Labute approximate surface area is 165 Å². The molecule has 0 aliphatic carbocycles. The van der Waals surface area contributed by atoms with Crippen LogP contribution in [-0.4, -0.2) is 58.7 Å². The third-order valence-electron chi connectivity index (χ3n) is 4.25. The molecule has 156 valence electrons. The summed E-state index contributed by atoms with van der Waals surface area (Å²) in [5.74, 6) is -3.40. The topological polar surface area (TPSA) is 151 Å². The van der Waals surface area contributed by atoms with Gasteiger partial charge in [-0.15, -0.1) is 0 Å². The average Bonchev–Trinajstić information content (AvgIpc) is 2.59. The van der Waals surface area contributed by atoms with E-state index in [9.17, 15) is 24.3 Å². The normalized spacial score (nSPS) is 16.6. The van der Waals surface area contributed by atoms with Gasteiger partial charge in [0, 0.05) is 5.75 Å². The Morgan fingerprint density at radius 3 is 1.81 bits per heavy atom. The number of aliphatic carboxylic acids is 1. The van der Waals surface area contributed by atoms with Crippen molar-refractivity contribution in [2.24, 2.45) is 17.6 Å². The first-order valence-electron chi connectivity index (χ1n) is 8.96. The van der Waals surface area contributed by atoms with Crippen molar-refractivity contribution >= 4 is 36.3 Å². The fourth-order valence-corrected chi connectivity index (χ4v) is 2.47. The summed E-state index contributed by atoms with van der Waals surface area (Å²) in [7, 11) is 0. The molecule has 0 spiro atoms. The van der Waals surface area contributed by atoms with Gasteiger partial charge in [0.25, 0.3) is 0 Å². The fraction of sp³-hybridized carbons (Fsp3) is 0.765. The molecule has 27 heavy (non-hydrogen) atoms. The van der Waals surface area contributed by atoms with Gasteiger partial charge in [-0.3, -0.25) is 14.4 Å².